The lowest BCUT2D eigenvalue weighted by atomic mass is 10.1. The van der Waals surface area contributed by atoms with E-state index in [0.29, 0.717) is 5.02 Å². The molecule has 0 aliphatic carbocycles. The number of rotatable bonds is 7. The van der Waals surface area contributed by atoms with Gasteiger partial charge in [-0.15, -0.1) is 0 Å². The highest BCUT2D eigenvalue weighted by Gasteiger charge is 2.21. The van der Waals surface area contributed by atoms with Crippen LogP contribution in [-0.4, -0.2) is 35.0 Å². The minimum absolute atomic E-state index is 0.230. The van der Waals surface area contributed by atoms with E-state index in [1.54, 1.807) is 24.3 Å². The van der Waals surface area contributed by atoms with Crippen LogP contribution in [0.25, 0.3) is 0 Å². The third-order valence-corrected chi connectivity index (χ3v) is 3.13. The van der Waals surface area contributed by atoms with Gasteiger partial charge < -0.3 is 21.5 Å². The summed E-state index contributed by atoms with van der Waals surface area (Å²) in [6, 6.07) is 4.78. The zero-order valence-corrected chi connectivity index (χ0v) is 12.8. The molecule has 5 N–H and O–H groups in total. The molecule has 0 aliphatic heterocycles. The zero-order chi connectivity index (χ0) is 16.7. The van der Waals surface area contributed by atoms with Crippen molar-refractivity contribution in [2.45, 2.75) is 32.0 Å². The van der Waals surface area contributed by atoms with Crippen LogP contribution in [0.4, 0.5) is 0 Å². The smallest absolute Gasteiger partial charge is 0.325 e. The number of aliphatic carboxylic acids is 1. The number of carbonyl (C=O) groups is 3. The SMILES string of the molecule is C[C@@H](NC(=O)C(N)CC(=O)NCc1ccc(Cl)cc1)C(=O)O. The molecule has 0 bridgehead atoms. The van der Waals surface area contributed by atoms with Gasteiger partial charge in [-0.05, 0) is 24.6 Å². The van der Waals surface area contributed by atoms with E-state index in [9.17, 15) is 14.4 Å². The van der Waals surface area contributed by atoms with Crippen LogP contribution in [0, 0.1) is 0 Å². The number of carbonyl (C=O) groups excluding carboxylic acids is 2. The number of halogens is 1. The lowest BCUT2D eigenvalue weighted by Gasteiger charge is -2.14. The van der Waals surface area contributed by atoms with E-state index in [4.69, 9.17) is 22.4 Å². The van der Waals surface area contributed by atoms with Crippen LogP contribution in [0.2, 0.25) is 5.02 Å². The number of hydrogen-bond acceptors (Lipinski definition) is 4. The molecule has 1 aromatic rings. The van der Waals surface area contributed by atoms with Crippen molar-refractivity contribution in [3.63, 3.8) is 0 Å². The van der Waals surface area contributed by atoms with Crippen molar-refractivity contribution in [3.8, 4) is 0 Å². The highest BCUT2D eigenvalue weighted by Crippen LogP contribution is 2.09. The van der Waals surface area contributed by atoms with E-state index in [0.717, 1.165) is 5.56 Å². The molecule has 0 aliphatic rings. The molecule has 0 heterocycles. The van der Waals surface area contributed by atoms with Crippen LogP contribution in [0.15, 0.2) is 24.3 Å². The van der Waals surface area contributed by atoms with Crippen molar-refractivity contribution in [1.29, 1.82) is 0 Å². The Hall–Kier alpha value is -2.12. The quantitative estimate of drug-likeness (QED) is 0.572. The fourth-order valence-corrected chi connectivity index (χ4v) is 1.68. The van der Waals surface area contributed by atoms with Gasteiger partial charge in [0.15, 0.2) is 0 Å². The summed E-state index contributed by atoms with van der Waals surface area (Å²) in [7, 11) is 0. The molecule has 7 nitrogen and oxygen atoms in total. The molecule has 120 valence electrons. The Morgan fingerprint density at radius 2 is 1.86 bits per heavy atom. The average molecular weight is 328 g/mol. The van der Waals surface area contributed by atoms with E-state index < -0.39 is 29.9 Å². The zero-order valence-electron chi connectivity index (χ0n) is 12.0. The van der Waals surface area contributed by atoms with Crippen LogP contribution < -0.4 is 16.4 Å². The molecule has 8 heteroatoms. The van der Waals surface area contributed by atoms with E-state index in [1.807, 2.05) is 0 Å². The molecule has 0 saturated heterocycles. The lowest BCUT2D eigenvalue weighted by molar-refractivity contribution is -0.141. The predicted octanol–water partition coefficient (Wildman–Crippen LogP) is 0.263. The molecule has 0 fully saturated rings. The summed E-state index contributed by atoms with van der Waals surface area (Å²) in [5, 5.41) is 14.1. The summed E-state index contributed by atoms with van der Waals surface area (Å²) < 4.78 is 0. The first-order chi connectivity index (χ1) is 10.3. The highest BCUT2D eigenvalue weighted by molar-refractivity contribution is 6.30. The molecular weight excluding hydrogens is 310 g/mol. The Morgan fingerprint density at radius 3 is 2.41 bits per heavy atom. The number of hydrogen-bond donors (Lipinski definition) is 4. The summed E-state index contributed by atoms with van der Waals surface area (Å²) >= 11 is 5.75. The van der Waals surface area contributed by atoms with Gasteiger partial charge in [-0.1, -0.05) is 23.7 Å². The molecule has 1 aromatic carbocycles. The first-order valence-corrected chi connectivity index (χ1v) is 6.97. The van der Waals surface area contributed by atoms with Gasteiger partial charge in [-0.2, -0.15) is 0 Å². The van der Waals surface area contributed by atoms with Crippen molar-refractivity contribution >= 4 is 29.4 Å². The standard InChI is InChI=1S/C14H18ClN3O4/c1-8(14(21)22)18-13(20)11(16)6-12(19)17-7-9-2-4-10(15)5-3-9/h2-5,8,11H,6-7,16H2,1H3,(H,17,19)(H,18,20)(H,21,22)/t8-,11?/m1/s1. The van der Waals surface area contributed by atoms with Gasteiger partial charge >= 0.3 is 5.97 Å². The lowest BCUT2D eigenvalue weighted by Crippen LogP contribution is -2.48. The van der Waals surface area contributed by atoms with Crippen LogP contribution >= 0.6 is 11.6 Å². The molecule has 2 atom stereocenters. The minimum atomic E-state index is -1.17. The predicted molar refractivity (Wildman–Crippen MR) is 81.1 cm³/mol. The van der Waals surface area contributed by atoms with Crippen molar-refractivity contribution < 1.29 is 19.5 Å². The van der Waals surface area contributed by atoms with Gasteiger partial charge in [-0.25, -0.2) is 0 Å². The Kier molecular flexibility index (Phi) is 6.81. The fraction of sp³-hybridized carbons (Fsp3) is 0.357. The van der Waals surface area contributed by atoms with Crippen LogP contribution in [-0.2, 0) is 20.9 Å². The van der Waals surface area contributed by atoms with Crippen LogP contribution in [0.5, 0.6) is 0 Å². The Balaban J connectivity index is 2.39. The summed E-state index contributed by atoms with van der Waals surface area (Å²) in [5.41, 5.74) is 6.43. The first-order valence-electron chi connectivity index (χ1n) is 6.59. The van der Waals surface area contributed by atoms with Crippen molar-refractivity contribution in [2.75, 3.05) is 0 Å². The molecule has 1 unspecified atom stereocenters. The summed E-state index contributed by atoms with van der Waals surface area (Å²) in [6.45, 7) is 1.60. The Bertz CT molecular complexity index is 548. The maximum Gasteiger partial charge on any atom is 0.325 e. The summed E-state index contributed by atoms with van der Waals surface area (Å²) in [4.78, 5) is 33.9. The summed E-state index contributed by atoms with van der Waals surface area (Å²) in [5.74, 6) is -2.26. The minimum Gasteiger partial charge on any atom is -0.480 e. The largest absolute Gasteiger partial charge is 0.480 e. The number of amides is 2. The molecule has 22 heavy (non-hydrogen) atoms. The summed E-state index contributed by atoms with van der Waals surface area (Å²) in [6.07, 6.45) is -0.230. The third-order valence-electron chi connectivity index (χ3n) is 2.87. The molecule has 0 saturated carbocycles. The molecule has 2 amide bonds. The normalized spacial score (nSPS) is 13.0. The monoisotopic (exact) mass is 327 g/mol. The van der Waals surface area contributed by atoms with Gasteiger partial charge in [0.25, 0.3) is 0 Å². The second-order valence-electron chi connectivity index (χ2n) is 4.78. The van der Waals surface area contributed by atoms with Gasteiger partial charge in [0.1, 0.15) is 6.04 Å². The van der Waals surface area contributed by atoms with Crippen molar-refractivity contribution in [2.24, 2.45) is 5.73 Å². The van der Waals surface area contributed by atoms with Crippen LogP contribution in [0.3, 0.4) is 0 Å². The number of benzene rings is 1. The molecule has 0 spiro atoms. The van der Waals surface area contributed by atoms with Crippen molar-refractivity contribution in [3.05, 3.63) is 34.9 Å². The topological polar surface area (TPSA) is 122 Å². The second kappa shape index (κ2) is 8.35. The highest BCUT2D eigenvalue weighted by atomic mass is 35.5. The van der Waals surface area contributed by atoms with Crippen LogP contribution in [0.1, 0.15) is 18.9 Å². The Morgan fingerprint density at radius 1 is 1.27 bits per heavy atom. The average Bonchev–Trinajstić information content (AvgIpc) is 2.46. The maximum absolute atomic E-state index is 11.7. The van der Waals surface area contributed by atoms with E-state index >= 15 is 0 Å². The molecule has 1 rings (SSSR count). The van der Waals surface area contributed by atoms with E-state index in [2.05, 4.69) is 10.6 Å². The van der Waals surface area contributed by atoms with Gasteiger partial charge in [-0.3, -0.25) is 14.4 Å². The van der Waals surface area contributed by atoms with E-state index in [1.165, 1.54) is 6.92 Å². The fourth-order valence-electron chi connectivity index (χ4n) is 1.55. The van der Waals surface area contributed by atoms with Crippen molar-refractivity contribution in [1.82, 2.24) is 10.6 Å². The van der Waals surface area contributed by atoms with Gasteiger partial charge in [0.05, 0.1) is 12.5 Å². The number of nitrogens with two attached hydrogens (primary N) is 1. The van der Waals surface area contributed by atoms with Gasteiger partial charge in [0.2, 0.25) is 11.8 Å². The molecule has 0 aromatic heterocycles. The second-order valence-corrected chi connectivity index (χ2v) is 5.22. The first kappa shape index (κ1) is 17.9. The molecular formula is C14H18ClN3O4. The number of carboxylic acid groups (broad SMARTS) is 1. The third kappa shape index (κ3) is 6.11. The van der Waals surface area contributed by atoms with Gasteiger partial charge in [0, 0.05) is 11.6 Å². The Labute approximate surface area is 132 Å². The maximum atomic E-state index is 11.7. The van der Waals surface area contributed by atoms with E-state index in [-0.39, 0.29) is 13.0 Å². The number of nitrogens with one attached hydrogen (secondary N) is 2. The molecule has 0 radical (unpaired) electrons. The number of carboxylic acids is 1.